The van der Waals surface area contributed by atoms with Gasteiger partial charge in [0.15, 0.2) is 11.4 Å². The van der Waals surface area contributed by atoms with Gasteiger partial charge in [-0.25, -0.2) is 9.37 Å². The zero-order valence-electron chi connectivity index (χ0n) is 12.1. The van der Waals surface area contributed by atoms with Crippen LogP contribution < -0.4 is 16.0 Å². The fourth-order valence-electron chi connectivity index (χ4n) is 3.00. The maximum atomic E-state index is 13.5. The van der Waals surface area contributed by atoms with E-state index in [9.17, 15) is 4.39 Å². The van der Waals surface area contributed by atoms with Crippen molar-refractivity contribution in [1.29, 1.82) is 0 Å². The number of aromatic nitrogens is 2. The van der Waals surface area contributed by atoms with Gasteiger partial charge in [0.1, 0.15) is 16.9 Å². The Hall–Kier alpha value is -2.41. The average molecular weight is 301 g/mol. The molecule has 0 spiro atoms. The summed E-state index contributed by atoms with van der Waals surface area (Å²) in [5, 5.41) is 3.94. The van der Waals surface area contributed by atoms with Gasteiger partial charge in [0.05, 0.1) is 0 Å². The standard InChI is InChI=1S/C15H16FN5O/c1-21(9-4-5-18-7-9)14-13-12(19-15(17)20-14)10-6-8(16)2-3-11(10)22-13/h2-3,6,9,18H,4-5,7H2,1H3,(H2,17,19,20). The number of halogens is 1. The van der Waals surface area contributed by atoms with E-state index in [0.717, 1.165) is 19.5 Å². The molecule has 2 aromatic heterocycles. The number of rotatable bonds is 2. The van der Waals surface area contributed by atoms with E-state index in [4.69, 9.17) is 10.2 Å². The number of hydrogen-bond acceptors (Lipinski definition) is 6. The van der Waals surface area contributed by atoms with Crippen molar-refractivity contribution >= 4 is 33.8 Å². The average Bonchev–Trinajstić information content (AvgIpc) is 3.13. The molecule has 3 aromatic rings. The van der Waals surface area contributed by atoms with Crippen LogP contribution in [0.2, 0.25) is 0 Å². The minimum absolute atomic E-state index is 0.160. The quantitative estimate of drug-likeness (QED) is 0.752. The summed E-state index contributed by atoms with van der Waals surface area (Å²) in [5.74, 6) is 0.474. The molecule has 6 nitrogen and oxygen atoms in total. The lowest BCUT2D eigenvalue weighted by atomic mass is 10.2. The molecule has 3 N–H and O–H groups in total. The van der Waals surface area contributed by atoms with Gasteiger partial charge in [0, 0.05) is 25.0 Å². The lowest BCUT2D eigenvalue weighted by Gasteiger charge is -2.24. The van der Waals surface area contributed by atoms with E-state index in [1.54, 1.807) is 6.07 Å². The molecular formula is C15H16FN5O. The summed E-state index contributed by atoms with van der Waals surface area (Å²) in [6, 6.07) is 4.70. The molecule has 0 bridgehead atoms. The minimum Gasteiger partial charge on any atom is -0.450 e. The second kappa shape index (κ2) is 4.81. The molecule has 4 rings (SSSR count). The van der Waals surface area contributed by atoms with E-state index < -0.39 is 0 Å². The Morgan fingerprint density at radius 3 is 3.05 bits per heavy atom. The van der Waals surface area contributed by atoms with E-state index in [1.165, 1.54) is 12.1 Å². The molecule has 22 heavy (non-hydrogen) atoms. The molecule has 1 atom stereocenters. The van der Waals surface area contributed by atoms with E-state index in [2.05, 4.69) is 20.2 Å². The Balaban J connectivity index is 1.95. The molecule has 1 aromatic carbocycles. The predicted octanol–water partition coefficient (Wildman–Crippen LogP) is 1.90. The van der Waals surface area contributed by atoms with Crippen molar-refractivity contribution in [2.75, 3.05) is 30.8 Å². The molecule has 0 radical (unpaired) electrons. The van der Waals surface area contributed by atoms with Gasteiger partial charge < -0.3 is 20.4 Å². The van der Waals surface area contributed by atoms with Crippen molar-refractivity contribution < 1.29 is 8.81 Å². The van der Waals surface area contributed by atoms with Gasteiger partial charge in [0.2, 0.25) is 5.95 Å². The third-order valence-electron chi connectivity index (χ3n) is 4.19. The van der Waals surface area contributed by atoms with Crippen LogP contribution in [0, 0.1) is 5.82 Å². The number of nitrogens with zero attached hydrogens (tertiary/aromatic N) is 3. The number of nitrogens with one attached hydrogen (secondary N) is 1. The van der Waals surface area contributed by atoms with E-state index >= 15 is 0 Å². The molecule has 1 saturated heterocycles. The summed E-state index contributed by atoms with van der Waals surface area (Å²) in [4.78, 5) is 10.6. The number of likely N-dealkylation sites (N-methyl/N-ethyl adjacent to an activating group) is 1. The van der Waals surface area contributed by atoms with Crippen molar-refractivity contribution in [1.82, 2.24) is 15.3 Å². The number of hydrogen-bond donors (Lipinski definition) is 2. The van der Waals surface area contributed by atoms with Crippen LogP contribution in [0.15, 0.2) is 22.6 Å². The van der Waals surface area contributed by atoms with Gasteiger partial charge in [0.25, 0.3) is 0 Å². The summed E-state index contributed by atoms with van der Waals surface area (Å²) in [5.41, 5.74) is 7.52. The Bertz CT molecular complexity index is 856. The van der Waals surface area contributed by atoms with Crippen LogP contribution in [0.25, 0.3) is 22.1 Å². The normalized spacial score (nSPS) is 18.4. The van der Waals surface area contributed by atoms with Crippen LogP contribution in [0.1, 0.15) is 6.42 Å². The molecule has 1 aliphatic heterocycles. The van der Waals surface area contributed by atoms with Crippen molar-refractivity contribution in [3.8, 4) is 0 Å². The molecule has 0 amide bonds. The summed E-state index contributed by atoms with van der Waals surface area (Å²) in [6.07, 6.45) is 1.02. The molecule has 114 valence electrons. The van der Waals surface area contributed by atoms with Crippen LogP contribution >= 0.6 is 0 Å². The number of fused-ring (bicyclic) bond motifs is 3. The Morgan fingerprint density at radius 1 is 1.41 bits per heavy atom. The fraction of sp³-hybridized carbons (Fsp3) is 0.333. The van der Waals surface area contributed by atoms with Crippen molar-refractivity contribution in [3.05, 3.63) is 24.0 Å². The molecular weight excluding hydrogens is 285 g/mol. The minimum atomic E-state index is -0.331. The Labute approximate surface area is 126 Å². The molecule has 1 aliphatic rings. The van der Waals surface area contributed by atoms with Crippen molar-refractivity contribution in [3.63, 3.8) is 0 Å². The van der Waals surface area contributed by atoms with Crippen LogP contribution in [-0.4, -0.2) is 36.1 Å². The summed E-state index contributed by atoms with van der Waals surface area (Å²) >= 11 is 0. The number of nitrogens with two attached hydrogens (primary N) is 1. The zero-order chi connectivity index (χ0) is 15.3. The predicted molar refractivity (Wildman–Crippen MR) is 83.4 cm³/mol. The number of furan rings is 1. The van der Waals surface area contributed by atoms with Crippen LogP contribution in [0.4, 0.5) is 16.2 Å². The van der Waals surface area contributed by atoms with Gasteiger partial charge >= 0.3 is 0 Å². The Morgan fingerprint density at radius 2 is 2.27 bits per heavy atom. The highest BCUT2D eigenvalue weighted by atomic mass is 19.1. The monoisotopic (exact) mass is 301 g/mol. The highest BCUT2D eigenvalue weighted by Crippen LogP contribution is 2.34. The molecule has 7 heteroatoms. The fourth-order valence-corrected chi connectivity index (χ4v) is 3.00. The first-order chi connectivity index (χ1) is 10.6. The molecule has 1 unspecified atom stereocenters. The van der Waals surface area contributed by atoms with Crippen LogP contribution in [-0.2, 0) is 0 Å². The van der Waals surface area contributed by atoms with Crippen molar-refractivity contribution in [2.45, 2.75) is 12.5 Å². The highest BCUT2D eigenvalue weighted by molar-refractivity contribution is 6.06. The van der Waals surface area contributed by atoms with E-state index in [0.29, 0.717) is 33.9 Å². The summed E-state index contributed by atoms with van der Waals surface area (Å²) in [6.45, 7) is 1.86. The van der Waals surface area contributed by atoms with Crippen LogP contribution in [0.5, 0.6) is 0 Å². The van der Waals surface area contributed by atoms with E-state index in [-0.39, 0.29) is 11.8 Å². The SMILES string of the molecule is CN(c1nc(N)nc2c1oc1ccc(F)cc12)C1CCNC1. The first-order valence-corrected chi connectivity index (χ1v) is 7.22. The molecule has 0 saturated carbocycles. The summed E-state index contributed by atoms with van der Waals surface area (Å²) < 4.78 is 19.4. The lowest BCUT2D eigenvalue weighted by molar-refractivity contribution is 0.624. The summed E-state index contributed by atoms with van der Waals surface area (Å²) in [7, 11) is 1.96. The largest absolute Gasteiger partial charge is 0.450 e. The smallest absolute Gasteiger partial charge is 0.222 e. The topological polar surface area (TPSA) is 80.2 Å². The second-order valence-electron chi connectivity index (χ2n) is 5.58. The Kier molecular flexibility index (Phi) is 2.90. The molecule has 3 heterocycles. The zero-order valence-corrected chi connectivity index (χ0v) is 12.1. The maximum Gasteiger partial charge on any atom is 0.222 e. The van der Waals surface area contributed by atoms with Crippen LogP contribution in [0.3, 0.4) is 0 Å². The first-order valence-electron chi connectivity index (χ1n) is 7.22. The van der Waals surface area contributed by atoms with Gasteiger partial charge in [-0.3, -0.25) is 0 Å². The molecule has 0 aliphatic carbocycles. The van der Waals surface area contributed by atoms with Gasteiger partial charge in [-0.05, 0) is 31.2 Å². The van der Waals surface area contributed by atoms with E-state index in [1.807, 2.05) is 7.05 Å². The van der Waals surface area contributed by atoms with Gasteiger partial charge in [-0.15, -0.1) is 0 Å². The second-order valence-corrected chi connectivity index (χ2v) is 5.58. The first kappa shape index (κ1) is 13.3. The van der Waals surface area contributed by atoms with Gasteiger partial charge in [-0.2, -0.15) is 4.98 Å². The van der Waals surface area contributed by atoms with Gasteiger partial charge in [-0.1, -0.05) is 0 Å². The number of benzene rings is 1. The third kappa shape index (κ3) is 1.97. The lowest BCUT2D eigenvalue weighted by Crippen LogP contribution is -2.34. The van der Waals surface area contributed by atoms with Crippen molar-refractivity contribution in [2.24, 2.45) is 0 Å². The number of nitrogen functional groups attached to an aromatic ring is 1. The number of anilines is 2. The third-order valence-corrected chi connectivity index (χ3v) is 4.19. The highest BCUT2D eigenvalue weighted by Gasteiger charge is 2.25. The molecule has 1 fully saturated rings. The maximum absolute atomic E-state index is 13.5.